The second-order valence-electron chi connectivity index (χ2n) is 5.67. The predicted molar refractivity (Wildman–Crippen MR) is 86.0 cm³/mol. The second-order valence-corrected chi connectivity index (χ2v) is 5.67. The van der Waals surface area contributed by atoms with Gasteiger partial charge in [-0.1, -0.05) is 36.8 Å². The molecule has 0 bridgehead atoms. The van der Waals surface area contributed by atoms with E-state index in [2.05, 4.69) is 42.6 Å². The Bertz CT molecular complexity index is 435. The standard InChI is InChI=1S/C18H27NO/c1-15(6-5-11-19-12-13-20-2)17-9-4-10-18(14-17)16-7-3-8-16/h4,6,9-10,14,16,19H,3,5,7-8,11-13H2,1-2H3/b15-6-. The van der Waals surface area contributed by atoms with Crippen molar-refractivity contribution in [3.05, 3.63) is 41.5 Å². The average molecular weight is 273 g/mol. The Morgan fingerprint density at radius 1 is 1.35 bits per heavy atom. The zero-order valence-corrected chi connectivity index (χ0v) is 12.8. The third kappa shape index (κ3) is 4.46. The van der Waals surface area contributed by atoms with E-state index < -0.39 is 0 Å². The normalized spacial score (nSPS) is 16.2. The molecule has 2 nitrogen and oxygen atoms in total. The second kappa shape index (κ2) is 8.23. The summed E-state index contributed by atoms with van der Waals surface area (Å²) in [5.41, 5.74) is 4.30. The van der Waals surface area contributed by atoms with E-state index in [1.807, 2.05) is 0 Å². The van der Waals surface area contributed by atoms with Gasteiger partial charge in [-0.05, 0) is 55.3 Å². The summed E-state index contributed by atoms with van der Waals surface area (Å²) in [6, 6.07) is 9.10. The van der Waals surface area contributed by atoms with Crippen molar-refractivity contribution in [3.63, 3.8) is 0 Å². The fourth-order valence-electron chi connectivity index (χ4n) is 2.59. The maximum Gasteiger partial charge on any atom is 0.0587 e. The number of hydrogen-bond acceptors (Lipinski definition) is 2. The van der Waals surface area contributed by atoms with Crippen LogP contribution >= 0.6 is 0 Å². The molecule has 0 atom stereocenters. The molecule has 2 rings (SSSR count). The molecule has 1 aliphatic carbocycles. The van der Waals surface area contributed by atoms with E-state index in [0.717, 1.165) is 32.0 Å². The first kappa shape index (κ1) is 15.3. The Balaban J connectivity index is 1.83. The van der Waals surface area contributed by atoms with Gasteiger partial charge < -0.3 is 10.1 Å². The molecule has 0 aliphatic heterocycles. The molecule has 0 radical (unpaired) electrons. The van der Waals surface area contributed by atoms with E-state index in [1.54, 1.807) is 7.11 Å². The summed E-state index contributed by atoms with van der Waals surface area (Å²) in [7, 11) is 1.74. The van der Waals surface area contributed by atoms with E-state index in [1.165, 1.54) is 36.0 Å². The highest BCUT2D eigenvalue weighted by Crippen LogP contribution is 2.37. The van der Waals surface area contributed by atoms with Crippen molar-refractivity contribution in [2.45, 2.75) is 38.5 Å². The van der Waals surface area contributed by atoms with Gasteiger partial charge in [-0.3, -0.25) is 0 Å². The van der Waals surface area contributed by atoms with Crippen molar-refractivity contribution in [2.75, 3.05) is 26.8 Å². The lowest BCUT2D eigenvalue weighted by Gasteiger charge is -2.26. The molecular weight excluding hydrogens is 246 g/mol. The molecule has 110 valence electrons. The first-order valence-corrected chi connectivity index (χ1v) is 7.78. The minimum atomic E-state index is 0.784. The van der Waals surface area contributed by atoms with Crippen molar-refractivity contribution in [1.29, 1.82) is 0 Å². The maximum atomic E-state index is 5.01. The highest BCUT2D eigenvalue weighted by atomic mass is 16.5. The summed E-state index contributed by atoms with van der Waals surface area (Å²) in [5.74, 6) is 0.818. The van der Waals surface area contributed by atoms with Crippen molar-refractivity contribution < 1.29 is 4.74 Å². The number of ether oxygens (including phenoxy) is 1. The smallest absolute Gasteiger partial charge is 0.0587 e. The van der Waals surface area contributed by atoms with E-state index in [4.69, 9.17) is 4.74 Å². The number of hydrogen-bond donors (Lipinski definition) is 1. The van der Waals surface area contributed by atoms with Crippen LogP contribution in [0.15, 0.2) is 30.3 Å². The molecule has 1 aromatic carbocycles. The number of nitrogens with one attached hydrogen (secondary N) is 1. The lowest BCUT2D eigenvalue weighted by molar-refractivity contribution is 0.199. The lowest BCUT2D eigenvalue weighted by atomic mass is 9.79. The molecule has 1 fully saturated rings. The van der Waals surface area contributed by atoms with Crippen LogP contribution in [-0.4, -0.2) is 26.8 Å². The fourth-order valence-corrected chi connectivity index (χ4v) is 2.59. The van der Waals surface area contributed by atoms with Crippen LogP contribution in [-0.2, 0) is 4.74 Å². The Labute approximate surface area is 123 Å². The molecular formula is C18H27NO. The first-order valence-electron chi connectivity index (χ1n) is 7.78. The molecule has 0 spiro atoms. The first-order chi connectivity index (χ1) is 9.81. The lowest BCUT2D eigenvalue weighted by Crippen LogP contribution is -2.19. The monoisotopic (exact) mass is 273 g/mol. The van der Waals surface area contributed by atoms with Gasteiger partial charge >= 0.3 is 0 Å². The van der Waals surface area contributed by atoms with Crippen LogP contribution in [0, 0.1) is 0 Å². The van der Waals surface area contributed by atoms with E-state index in [0.29, 0.717) is 0 Å². The van der Waals surface area contributed by atoms with Crippen molar-refractivity contribution in [2.24, 2.45) is 0 Å². The topological polar surface area (TPSA) is 21.3 Å². The van der Waals surface area contributed by atoms with Gasteiger partial charge in [0.1, 0.15) is 0 Å². The molecule has 2 heteroatoms. The van der Waals surface area contributed by atoms with Crippen LogP contribution in [0.5, 0.6) is 0 Å². The summed E-state index contributed by atoms with van der Waals surface area (Å²) in [6.07, 6.45) is 7.55. The van der Waals surface area contributed by atoms with Gasteiger partial charge in [0.15, 0.2) is 0 Å². The van der Waals surface area contributed by atoms with Crippen molar-refractivity contribution in [3.8, 4) is 0 Å². The van der Waals surface area contributed by atoms with Crippen molar-refractivity contribution in [1.82, 2.24) is 5.32 Å². The third-order valence-electron chi connectivity index (χ3n) is 4.17. The Kier molecular flexibility index (Phi) is 6.28. The molecule has 20 heavy (non-hydrogen) atoms. The van der Waals surface area contributed by atoms with E-state index in [-0.39, 0.29) is 0 Å². The molecule has 1 N–H and O–H groups in total. The van der Waals surface area contributed by atoms with Crippen LogP contribution in [0.25, 0.3) is 5.57 Å². The summed E-state index contributed by atoms with van der Waals surface area (Å²) < 4.78 is 5.01. The fraction of sp³-hybridized carbons (Fsp3) is 0.556. The maximum absolute atomic E-state index is 5.01. The van der Waals surface area contributed by atoms with Crippen LogP contribution in [0.3, 0.4) is 0 Å². The molecule has 1 aromatic rings. The minimum Gasteiger partial charge on any atom is -0.383 e. The zero-order valence-electron chi connectivity index (χ0n) is 12.8. The van der Waals surface area contributed by atoms with Gasteiger partial charge in [-0.25, -0.2) is 0 Å². The summed E-state index contributed by atoms with van der Waals surface area (Å²) in [6.45, 7) is 4.95. The number of allylic oxidation sites excluding steroid dienone is 1. The molecule has 1 saturated carbocycles. The Morgan fingerprint density at radius 2 is 2.20 bits per heavy atom. The molecule has 0 unspecified atom stereocenters. The van der Waals surface area contributed by atoms with Gasteiger partial charge in [0.05, 0.1) is 6.61 Å². The average Bonchev–Trinajstić information content (AvgIpc) is 2.41. The SMILES string of the molecule is COCCNCC/C=C(/C)c1cccc(C2CCC2)c1. The van der Waals surface area contributed by atoms with E-state index in [9.17, 15) is 0 Å². The minimum absolute atomic E-state index is 0.784. The van der Waals surface area contributed by atoms with Gasteiger partial charge in [-0.2, -0.15) is 0 Å². The molecule has 0 heterocycles. The summed E-state index contributed by atoms with van der Waals surface area (Å²) in [4.78, 5) is 0. The predicted octanol–water partition coefficient (Wildman–Crippen LogP) is 3.98. The number of rotatable bonds is 8. The quantitative estimate of drug-likeness (QED) is 0.723. The highest BCUT2D eigenvalue weighted by Gasteiger charge is 2.19. The van der Waals surface area contributed by atoms with Gasteiger partial charge in [0.2, 0.25) is 0 Å². The van der Waals surface area contributed by atoms with Gasteiger partial charge in [0, 0.05) is 13.7 Å². The van der Waals surface area contributed by atoms with E-state index >= 15 is 0 Å². The molecule has 0 saturated heterocycles. The van der Waals surface area contributed by atoms with Gasteiger partial charge in [-0.15, -0.1) is 0 Å². The van der Waals surface area contributed by atoms with Crippen LogP contribution < -0.4 is 5.32 Å². The molecule has 0 amide bonds. The summed E-state index contributed by atoms with van der Waals surface area (Å²) >= 11 is 0. The zero-order chi connectivity index (χ0) is 14.2. The van der Waals surface area contributed by atoms with Crippen LogP contribution in [0.4, 0.5) is 0 Å². The largest absolute Gasteiger partial charge is 0.383 e. The summed E-state index contributed by atoms with van der Waals surface area (Å²) in [5, 5.41) is 3.37. The van der Waals surface area contributed by atoms with Crippen LogP contribution in [0.2, 0.25) is 0 Å². The van der Waals surface area contributed by atoms with Crippen LogP contribution in [0.1, 0.15) is 49.7 Å². The molecule has 1 aliphatic rings. The highest BCUT2D eigenvalue weighted by molar-refractivity contribution is 5.64. The third-order valence-corrected chi connectivity index (χ3v) is 4.17. The number of benzene rings is 1. The van der Waals surface area contributed by atoms with Gasteiger partial charge in [0.25, 0.3) is 0 Å². The number of methoxy groups -OCH3 is 1. The molecule has 0 aromatic heterocycles. The Hall–Kier alpha value is -1.12. The Morgan fingerprint density at radius 3 is 2.90 bits per heavy atom. The van der Waals surface area contributed by atoms with Crippen molar-refractivity contribution >= 4 is 5.57 Å².